The largest absolute Gasteiger partial charge is 0.381 e. The van der Waals surface area contributed by atoms with E-state index < -0.39 is 0 Å². The molecule has 1 saturated heterocycles. The lowest BCUT2D eigenvalue weighted by Gasteiger charge is -2.41. The molecule has 0 radical (unpaired) electrons. The van der Waals surface area contributed by atoms with Crippen molar-refractivity contribution in [1.29, 1.82) is 0 Å². The van der Waals surface area contributed by atoms with Gasteiger partial charge < -0.3 is 14.8 Å². The van der Waals surface area contributed by atoms with Crippen molar-refractivity contribution in [1.82, 2.24) is 5.32 Å². The molecule has 19 heavy (non-hydrogen) atoms. The molecule has 1 aliphatic carbocycles. The van der Waals surface area contributed by atoms with E-state index in [4.69, 9.17) is 9.47 Å². The lowest BCUT2D eigenvalue weighted by molar-refractivity contribution is -0.0915. The molecule has 2 aliphatic rings. The molecule has 3 atom stereocenters. The van der Waals surface area contributed by atoms with E-state index in [9.17, 15) is 0 Å². The molecular formula is C16H31NO2. The molecule has 1 N–H and O–H groups in total. The summed E-state index contributed by atoms with van der Waals surface area (Å²) in [6, 6.07) is 0. The monoisotopic (exact) mass is 269 g/mol. The summed E-state index contributed by atoms with van der Waals surface area (Å²) in [5.41, 5.74) is 0.0927. The molecule has 0 aromatic rings. The van der Waals surface area contributed by atoms with Crippen LogP contribution in [0.15, 0.2) is 0 Å². The minimum Gasteiger partial charge on any atom is -0.381 e. The Hall–Kier alpha value is -0.120. The zero-order valence-electron chi connectivity index (χ0n) is 12.7. The minimum atomic E-state index is 0.0927. The Morgan fingerprint density at radius 1 is 1.37 bits per heavy atom. The minimum absolute atomic E-state index is 0.0927. The molecule has 2 rings (SSSR count). The van der Waals surface area contributed by atoms with Crippen molar-refractivity contribution < 1.29 is 9.47 Å². The van der Waals surface area contributed by atoms with Crippen molar-refractivity contribution in [2.75, 3.05) is 32.9 Å². The van der Waals surface area contributed by atoms with Crippen molar-refractivity contribution in [3.8, 4) is 0 Å². The van der Waals surface area contributed by atoms with Gasteiger partial charge in [0.2, 0.25) is 0 Å². The van der Waals surface area contributed by atoms with Crippen LogP contribution >= 0.6 is 0 Å². The highest BCUT2D eigenvalue weighted by Crippen LogP contribution is 2.35. The molecule has 3 heteroatoms. The Morgan fingerprint density at radius 3 is 2.95 bits per heavy atom. The third kappa shape index (κ3) is 4.73. The maximum Gasteiger partial charge on any atom is 0.0808 e. The van der Waals surface area contributed by atoms with E-state index >= 15 is 0 Å². The van der Waals surface area contributed by atoms with Gasteiger partial charge in [0.15, 0.2) is 0 Å². The van der Waals surface area contributed by atoms with Gasteiger partial charge in [0.25, 0.3) is 0 Å². The van der Waals surface area contributed by atoms with E-state index in [0.29, 0.717) is 5.92 Å². The Kier molecular flexibility index (Phi) is 6.11. The number of rotatable bonds is 7. The van der Waals surface area contributed by atoms with E-state index in [-0.39, 0.29) is 5.60 Å². The summed E-state index contributed by atoms with van der Waals surface area (Å²) in [6.45, 7) is 9.43. The molecule has 0 amide bonds. The number of nitrogens with one attached hydrogen (secondary N) is 1. The second-order valence-electron chi connectivity index (χ2n) is 6.60. The van der Waals surface area contributed by atoms with Crippen LogP contribution in [0, 0.1) is 11.8 Å². The molecular weight excluding hydrogens is 238 g/mol. The van der Waals surface area contributed by atoms with Gasteiger partial charge in [0, 0.05) is 19.1 Å². The summed E-state index contributed by atoms with van der Waals surface area (Å²) >= 11 is 0. The van der Waals surface area contributed by atoms with Crippen molar-refractivity contribution >= 4 is 0 Å². The van der Waals surface area contributed by atoms with Gasteiger partial charge in [-0.3, -0.25) is 0 Å². The molecule has 0 spiro atoms. The smallest absolute Gasteiger partial charge is 0.0808 e. The van der Waals surface area contributed by atoms with E-state index in [1.165, 1.54) is 38.5 Å². The average Bonchev–Trinajstić information content (AvgIpc) is 2.90. The van der Waals surface area contributed by atoms with Crippen LogP contribution in [0.4, 0.5) is 0 Å². The van der Waals surface area contributed by atoms with E-state index in [2.05, 4.69) is 19.2 Å². The second-order valence-corrected chi connectivity index (χ2v) is 6.60. The van der Waals surface area contributed by atoms with Crippen molar-refractivity contribution in [3.05, 3.63) is 0 Å². The molecule has 2 fully saturated rings. The van der Waals surface area contributed by atoms with Crippen LogP contribution in [-0.4, -0.2) is 38.5 Å². The molecule has 0 bridgehead atoms. The fraction of sp³-hybridized carbons (Fsp3) is 1.00. The standard InChI is InChI=1S/C16H31NO2/c1-3-8-17-13-16(7-4-5-14(2)10-16)19-12-15-6-9-18-11-15/h14-15,17H,3-13H2,1-2H3. The van der Waals surface area contributed by atoms with Gasteiger partial charge in [-0.1, -0.05) is 26.7 Å². The van der Waals surface area contributed by atoms with Crippen molar-refractivity contribution in [2.24, 2.45) is 11.8 Å². The Balaban J connectivity index is 1.84. The number of hydrogen-bond acceptors (Lipinski definition) is 3. The third-order valence-electron chi connectivity index (χ3n) is 4.57. The average molecular weight is 269 g/mol. The maximum absolute atomic E-state index is 6.43. The molecule has 112 valence electrons. The molecule has 1 heterocycles. The lowest BCUT2D eigenvalue weighted by Crippen LogP contribution is -2.47. The fourth-order valence-corrected chi connectivity index (χ4v) is 3.46. The molecule has 0 aromatic heterocycles. The summed E-state index contributed by atoms with van der Waals surface area (Å²) in [7, 11) is 0. The van der Waals surface area contributed by atoms with Crippen LogP contribution in [0.1, 0.15) is 52.4 Å². The zero-order valence-corrected chi connectivity index (χ0v) is 12.7. The zero-order chi connectivity index (χ0) is 13.6. The predicted molar refractivity (Wildman–Crippen MR) is 78.4 cm³/mol. The highest BCUT2D eigenvalue weighted by atomic mass is 16.5. The van der Waals surface area contributed by atoms with Gasteiger partial charge in [-0.15, -0.1) is 0 Å². The Labute approximate surface area is 118 Å². The van der Waals surface area contributed by atoms with E-state index in [1.807, 2.05) is 0 Å². The van der Waals surface area contributed by atoms with Crippen LogP contribution in [0.3, 0.4) is 0 Å². The van der Waals surface area contributed by atoms with Crippen LogP contribution in [0.25, 0.3) is 0 Å². The highest BCUT2D eigenvalue weighted by Gasteiger charge is 2.36. The van der Waals surface area contributed by atoms with Crippen LogP contribution < -0.4 is 5.32 Å². The third-order valence-corrected chi connectivity index (χ3v) is 4.57. The van der Waals surface area contributed by atoms with Gasteiger partial charge >= 0.3 is 0 Å². The SMILES string of the molecule is CCCNCC1(OCC2CCOC2)CCCC(C)C1. The maximum atomic E-state index is 6.43. The van der Waals surface area contributed by atoms with Gasteiger partial charge in [0.1, 0.15) is 0 Å². The van der Waals surface area contributed by atoms with Gasteiger partial charge in [0.05, 0.1) is 18.8 Å². The summed E-state index contributed by atoms with van der Waals surface area (Å²) in [6.07, 6.45) is 7.50. The number of hydrogen-bond donors (Lipinski definition) is 1. The molecule has 0 aromatic carbocycles. The van der Waals surface area contributed by atoms with Gasteiger partial charge in [-0.05, 0) is 38.1 Å². The summed E-state index contributed by atoms with van der Waals surface area (Å²) < 4.78 is 11.9. The molecule has 3 unspecified atom stereocenters. The van der Waals surface area contributed by atoms with Gasteiger partial charge in [-0.2, -0.15) is 0 Å². The fourth-order valence-electron chi connectivity index (χ4n) is 3.46. The summed E-state index contributed by atoms with van der Waals surface area (Å²) in [5.74, 6) is 1.43. The Morgan fingerprint density at radius 2 is 2.26 bits per heavy atom. The molecule has 1 saturated carbocycles. The first kappa shape index (κ1) is 15.3. The van der Waals surface area contributed by atoms with Crippen LogP contribution in [-0.2, 0) is 9.47 Å². The first-order chi connectivity index (χ1) is 9.24. The summed E-state index contributed by atoms with van der Waals surface area (Å²) in [4.78, 5) is 0. The highest BCUT2D eigenvalue weighted by molar-refractivity contribution is 4.89. The first-order valence-corrected chi connectivity index (χ1v) is 8.16. The first-order valence-electron chi connectivity index (χ1n) is 8.16. The van der Waals surface area contributed by atoms with E-state index in [1.54, 1.807) is 0 Å². The quantitative estimate of drug-likeness (QED) is 0.721. The predicted octanol–water partition coefficient (Wildman–Crippen LogP) is 2.99. The second kappa shape index (κ2) is 7.61. The normalized spacial score (nSPS) is 35.7. The molecule has 1 aliphatic heterocycles. The topological polar surface area (TPSA) is 30.5 Å². The lowest BCUT2D eigenvalue weighted by atomic mass is 9.78. The van der Waals surface area contributed by atoms with E-state index in [0.717, 1.165) is 38.8 Å². The number of ether oxygens (including phenoxy) is 2. The summed E-state index contributed by atoms with van der Waals surface area (Å²) in [5, 5.41) is 3.59. The van der Waals surface area contributed by atoms with Crippen molar-refractivity contribution in [2.45, 2.75) is 58.0 Å². The van der Waals surface area contributed by atoms with Gasteiger partial charge in [-0.25, -0.2) is 0 Å². The Bertz CT molecular complexity index is 253. The van der Waals surface area contributed by atoms with Crippen LogP contribution in [0.2, 0.25) is 0 Å². The van der Waals surface area contributed by atoms with Crippen molar-refractivity contribution in [3.63, 3.8) is 0 Å². The molecule has 3 nitrogen and oxygen atoms in total. The van der Waals surface area contributed by atoms with Crippen LogP contribution in [0.5, 0.6) is 0 Å².